The van der Waals surface area contributed by atoms with Crippen LogP contribution in [-0.2, 0) is 0 Å². The van der Waals surface area contributed by atoms with Crippen LogP contribution in [0.4, 0.5) is 0 Å². The van der Waals surface area contributed by atoms with E-state index in [0.29, 0.717) is 17.4 Å². The van der Waals surface area contributed by atoms with Crippen LogP contribution >= 0.6 is 0 Å². The van der Waals surface area contributed by atoms with E-state index in [1.807, 2.05) is 4.90 Å². The number of benzene rings is 1. The quantitative estimate of drug-likeness (QED) is 0.890. The largest absolute Gasteiger partial charge is 0.504 e. The number of amides is 1. The zero-order valence-corrected chi connectivity index (χ0v) is 12.3. The summed E-state index contributed by atoms with van der Waals surface area (Å²) in [7, 11) is 1.50. The minimum Gasteiger partial charge on any atom is -0.504 e. The van der Waals surface area contributed by atoms with Crippen molar-refractivity contribution in [3.8, 4) is 11.5 Å². The van der Waals surface area contributed by atoms with Crippen LogP contribution in [0, 0.1) is 0 Å². The molecule has 2 N–H and O–H groups in total. The first-order valence-electron chi connectivity index (χ1n) is 7.62. The van der Waals surface area contributed by atoms with E-state index in [0.717, 1.165) is 32.4 Å². The Morgan fingerprint density at radius 1 is 1.38 bits per heavy atom. The van der Waals surface area contributed by atoms with Gasteiger partial charge in [-0.25, -0.2) is 0 Å². The number of carbonyl (C=O) groups is 1. The lowest BCUT2D eigenvalue weighted by atomic mass is 10.0. The molecule has 2 aliphatic rings. The Labute approximate surface area is 124 Å². The standard InChI is InChI=1S/C16H22N2O3/c1-21-15-7-6-11(10-14(15)19)16(20)18-9-3-5-13(18)12-4-2-8-17-12/h6-7,10,12-13,17,19H,2-5,8-9H2,1H3. The van der Waals surface area contributed by atoms with Crippen molar-refractivity contribution in [3.63, 3.8) is 0 Å². The highest BCUT2D eigenvalue weighted by atomic mass is 16.5. The molecule has 0 bridgehead atoms. The summed E-state index contributed by atoms with van der Waals surface area (Å²) in [5.74, 6) is 0.407. The molecule has 5 heteroatoms. The van der Waals surface area contributed by atoms with Crippen molar-refractivity contribution in [1.82, 2.24) is 10.2 Å². The summed E-state index contributed by atoms with van der Waals surface area (Å²) in [4.78, 5) is 14.7. The van der Waals surface area contributed by atoms with Crippen molar-refractivity contribution < 1.29 is 14.6 Å². The number of nitrogens with zero attached hydrogens (tertiary/aromatic N) is 1. The zero-order valence-electron chi connectivity index (χ0n) is 12.3. The van der Waals surface area contributed by atoms with Crippen molar-refractivity contribution in [2.75, 3.05) is 20.2 Å². The number of nitrogens with one attached hydrogen (secondary N) is 1. The van der Waals surface area contributed by atoms with Gasteiger partial charge in [0.05, 0.1) is 7.11 Å². The van der Waals surface area contributed by atoms with E-state index in [-0.39, 0.29) is 17.7 Å². The maximum absolute atomic E-state index is 12.7. The van der Waals surface area contributed by atoms with Gasteiger partial charge in [0.2, 0.25) is 0 Å². The van der Waals surface area contributed by atoms with Gasteiger partial charge in [-0.15, -0.1) is 0 Å². The third-order valence-electron chi connectivity index (χ3n) is 4.55. The Bertz CT molecular complexity index is 526. The predicted octanol–water partition coefficient (Wildman–Crippen LogP) is 1.76. The Balaban J connectivity index is 1.78. The van der Waals surface area contributed by atoms with Crippen LogP contribution in [0.3, 0.4) is 0 Å². The number of likely N-dealkylation sites (tertiary alicyclic amines) is 1. The smallest absolute Gasteiger partial charge is 0.254 e. The van der Waals surface area contributed by atoms with Crippen LogP contribution in [0.15, 0.2) is 18.2 Å². The van der Waals surface area contributed by atoms with Crippen LogP contribution in [-0.4, -0.2) is 48.2 Å². The lowest BCUT2D eigenvalue weighted by Crippen LogP contribution is -2.46. The molecule has 2 saturated heterocycles. The number of rotatable bonds is 3. The van der Waals surface area contributed by atoms with E-state index in [1.54, 1.807) is 12.1 Å². The Hall–Kier alpha value is -1.75. The molecule has 2 heterocycles. The topological polar surface area (TPSA) is 61.8 Å². The normalized spacial score (nSPS) is 25.3. The predicted molar refractivity (Wildman–Crippen MR) is 79.7 cm³/mol. The highest BCUT2D eigenvalue weighted by Crippen LogP contribution is 2.30. The van der Waals surface area contributed by atoms with Crippen molar-refractivity contribution in [3.05, 3.63) is 23.8 Å². The van der Waals surface area contributed by atoms with Gasteiger partial charge in [0.25, 0.3) is 5.91 Å². The summed E-state index contributed by atoms with van der Waals surface area (Å²) in [5, 5.41) is 13.4. The minimum atomic E-state index is 0.00385. The van der Waals surface area contributed by atoms with E-state index in [4.69, 9.17) is 4.74 Å². The number of methoxy groups -OCH3 is 1. The Kier molecular flexibility index (Phi) is 4.01. The van der Waals surface area contributed by atoms with E-state index in [2.05, 4.69) is 5.32 Å². The first-order chi connectivity index (χ1) is 10.2. The summed E-state index contributed by atoms with van der Waals surface area (Å²) in [6, 6.07) is 5.56. The molecular weight excluding hydrogens is 268 g/mol. The lowest BCUT2D eigenvalue weighted by Gasteiger charge is -2.29. The monoisotopic (exact) mass is 290 g/mol. The maximum atomic E-state index is 12.7. The highest BCUT2D eigenvalue weighted by Gasteiger charge is 2.36. The number of ether oxygens (including phenoxy) is 1. The van der Waals surface area contributed by atoms with Gasteiger partial charge in [0, 0.05) is 24.2 Å². The molecule has 1 aromatic carbocycles. The number of aromatic hydroxyl groups is 1. The van der Waals surface area contributed by atoms with E-state index in [1.165, 1.54) is 19.6 Å². The molecule has 2 atom stereocenters. The van der Waals surface area contributed by atoms with Gasteiger partial charge in [-0.1, -0.05) is 0 Å². The van der Waals surface area contributed by atoms with Crippen molar-refractivity contribution in [1.29, 1.82) is 0 Å². The van der Waals surface area contributed by atoms with Gasteiger partial charge < -0.3 is 20.1 Å². The number of carbonyl (C=O) groups excluding carboxylic acids is 1. The summed E-state index contributed by atoms with van der Waals surface area (Å²) < 4.78 is 5.02. The molecule has 0 saturated carbocycles. The molecule has 2 aliphatic heterocycles. The molecule has 3 rings (SSSR count). The number of phenols is 1. The second-order valence-electron chi connectivity index (χ2n) is 5.80. The molecule has 0 spiro atoms. The van der Waals surface area contributed by atoms with Gasteiger partial charge in [-0.2, -0.15) is 0 Å². The number of hydrogen-bond donors (Lipinski definition) is 2. The van der Waals surface area contributed by atoms with Crippen molar-refractivity contribution in [2.45, 2.75) is 37.8 Å². The van der Waals surface area contributed by atoms with Crippen LogP contribution < -0.4 is 10.1 Å². The van der Waals surface area contributed by atoms with Gasteiger partial charge >= 0.3 is 0 Å². The van der Waals surface area contributed by atoms with E-state index >= 15 is 0 Å². The second kappa shape index (κ2) is 5.93. The van der Waals surface area contributed by atoms with Crippen LogP contribution in [0.5, 0.6) is 11.5 Å². The molecule has 2 unspecified atom stereocenters. The fraction of sp³-hybridized carbons (Fsp3) is 0.562. The molecule has 0 radical (unpaired) electrons. The summed E-state index contributed by atoms with van der Waals surface area (Å²) in [6.07, 6.45) is 4.44. The fourth-order valence-electron chi connectivity index (χ4n) is 3.49. The lowest BCUT2D eigenvalue weighted by molar-refractivity contribution is 0.0711. The molecule has 5 nitrogen and oxygen atoms in total. The first-order valence-corrected chi connectivity index (χ1v) is 7.62. The molecule has 114 valence electrons. The fourth-order valence-corrected chi connectivity index (χ4v) is 3.49. The average Bonchev–Trinajstić information content (AvgIpc) is 3.16. The van der Waals surface area contributed by atoms with Crippen LogP contribution in [0.1, 0.15) is 36.0 Å². The van der Waals surface area contributed by atoms with Crippen molar-refractivity contribution >= 4 is 5.91 Å². The molecule has 21 heavy (non-hydrogen) atoms. The second-order valence-corrected chi connectivity index (χ2v) is 5.80. The van der Waals surface area contributed by atoms with Crippen molar-refractivity contribution in [2.24, 2.45) is 0 Å². The molecule has 0 aromatic heterocycles. The summed E-state index contributed by atoms with van der Waals surface area (Å²) in [5.41, 5.74) is 0.526. The highest BCUT2D eigenvalue weighted by molar-refractivity contribution is 5.95. The molecular formula is C16H22N2O3. The third-order valence-corrected chi connectivity index (χ3v) is 4.55. The van der Waals surface area contributed by atoms with Crippen LogP contribution in [0.25, 0.3) is 0 Å². The van der Waals surface area contributed by atoms with Gasteiger partial charge in [0.1, 0.15) is 0 Å². The van der Waals surface area contributed by atoms with Gasteiger partial charge in [-0.3, -0.25) is 4.79 Å². The number of phenolic OH excluding ortho intramolecular Hbond substituents is 1. The zero-order chi connectivity index (χ0) is 14.8. The average molecular weight is 290 g/mol. The SMILES string of the molecule is COc1ccc(C(=O)N2CCCC2C2CCCN2)cc1O. The summed E-state index contributed by atoms with van der Waals surface area (Å²) >= 11 is 0. The van der Waals surface area contributed by atoms with Gasteiger partial charge in [-0.05, 0) is 50.4 Å². The van der Waals surface area contributed by atoms with Gasteiger partial charge in [0.15, 0.2) is 11.5 Å². The number of hydrogen-bond acceptors (Lipinski definition) is 4. The third kappa shape index (κ3) is 2.70. The summed E-state index contributed by atoms with van der Waals surface area (Å²) in [6.45, 7) is 1.85. The molecule has 2 fully saturated rings. The van der Waals surface area contributed by atoms with E-state index < -0.39 is 0 Å². The van der Waals surface area contributed by atoms with Crippen LogP contribution in [0.2, 0.25) is 0 Å². The minimum absolute atomic E-state index is 0.00385. The maximum Gasteiger partial charge on any atom is 0.254 e. The molecule has 1 aromatic rings. The Morgan fingerprint density at radius 2 is 2.24 bits per heavy atom. The molecule has 0 aliphatic carbocycles. The molecule has 1 amide bonds. The first kappa shape index (κ1) is 14.2. The Morgan fingerprint density at radius 3 is 2.90 bits per heavy atom. The van der Waals surface area contributed by atoms with E-state index in [9.17, 15) is 9.90 Å².